The van der Waals surface area contributed by atoms with Gasteiger partial charge in [-0.2, -0.15) is 0 Å². The number of imidazole rings is 1. The zero-order chi connectivity index (χ0) is 16.0. The van der Waals surface area contributed by atoms with Gasteiger partial charge in [0.05, 0.1) is 30.9 Å². The molecule has 0 aliphatic carbocycles. The van der Waals surface area contributed by atoms with E-state index in [4.69, 9.17) is 4.74 Å². The summed E-state index contributed by atoms with van der Waals surface area (Å²) in [5.74, 6) is -0.505. The number of hydrogen-bond acceptors (Lipinski definition) is 4. The van der Waals surface area contributed by atoms with Crippen LogP contribution in [-0.2, 0) is 24.2 Å². The smallest absolute Gasteiger partial charge is 0.326 e. The van der Waals surface area contributed by atoms with Crippen molar-refractivity contribution in [2.24, 2.45) is 0 Å². The quantitative estimate of drug-likeness (QED) is 0.862. The molecule has 0 saturated carbocycles. The van der Waals surface area contributed by atoms with E-state index >= 15 is 0 Å². The van der Waals surface area contributed by atoms with Crippen LogP contribution >= 0.6 is 0 Å². The predicted molar refractivity (Wildman–Crippen MR) is 79.2 cm³/mol. The molecular formula is C16H15N3O4. The lowest BCUT2D eigenvalue weighted by atomic mass is 10.0. The Labute approximate surface area is 131 Å². The van der Waals surface area contributed by atoms with Gasteiger partial charge in [0.2, 0.25) is 0 Å². The van der Waals surface area contributed by atoms with Gasteiger partial charge in [0.1, 0.15) is 11.8 Å². The van der Waals surface area contributed by atoms with Gasteiger partial charge < -0.3 is 19.7 Å². The number of hydrogen-bond donors (Lipinski definition) is 2. The van der Waals surface area contributed by atoms with Crippen molar-refractivity contribution in [1.29, 1.82) is 0 Å². The van der Waals surface area contributed by atoms with E-state index in [1.165, 1.54) is 11.2 Å². The second-order valence-electron chi connectivity index (χ2n) is 5.74. The van der Waals surface area contributed by atoms with Gasteiger partial charge in [-0.3, -0.25) is 4.79 Å². The molecule has 1 amide bonds. The highest BCUT2D eigenvalue weighted by Gasteiger charge is 2.36. The molecule has 0 fully saturated rings. The Morgan fingerprint density at radius 1 is 1.39 bits per heavy atom. The molecule has 1 aromatic carbocycles. The van der Waals surface area contributed by atoms with Crippen molar-refractivity contribution >= 4 is 11.9 Å². The highest BCUT2D eigenvalue weighted by Crippen LogP contribution is 2.28. The third kappa shape index (κ3) is 2.25. The van der Waals surface area contributed by atoms with E-state index < -0.39 is 12.0 Å². The summed E-state index contributed by atoms with van der Waals surface area (Å²) in [6.45, 7) is 0.838. The first-order chi connectivity index (χ1) is 11.1. The number of carboxylic acid groups (broad SMARTS) is 1. The predicted octanol–water partition coefficient (Wildman–Crippen LogP) is 0.996. The lowest BCUT2D eigenvalue weighted by Gasteiger charge is -2.32. The fraction of sp³-hybridized carbons (Fsp3) is 0.312. The van der Waals surface area contributed by atoms with E-state index in [-0.39, 0.29) is 18.9 Å². The standard InChI is InChI=1S/C16H15N3O4/c20-15(10-1-2-14-9(5-10)3-4-23-14)19-7-12-11(17-8-18-12)6-13(19)16(21)22/h1-2,5,8,13H,3-4,6-7H2,(H,17,18)(H,21,22)/t13-/m1/s1. The van der Waals surface area contributed by atoms with Crippen molar-refractivity contribution in [3.8, 4) is 5.75 Å². The third-order valence-electron chi connectivity index (χ3n) is 4.38. The van der Waals surface area contributed by atoms with Crippen molar-refractivity contribution < 1.29 is 19.4 Å². The van der Waals surface area contributed by atoms with Crippen molar-refractivity contribution in [1.82, 2.24) is 14.9 Å². The maximum absolute atomic E-state index is 12.8. The van der Waals surface area contributed by atoms with Gasteiger partial charge in [-0.1, -0.05) is 0 Å². The molecule has 118 valence electrons. The molecular weight excluding hydrogens is 298 g/mol. The van der Waals surface area contributed by atoms with E-state index in [2.05, 4.69) is 9.97 Å². The van der Waals surface area contributed by atoms with Crippen LogP contribution in [0.5, 0.6) is 5.75 Å². The summed E-state index contributed by atoms with van der Waals surface area (Å²) in [7, 11) is 0. The average molecular weight is 313 g/mol. The van der Waals surface area contributed by atoms with Gasteiger partial charge >= 0.3 is 5.97 Å². The van der Waals surface area contributed by atoms with Crippen LogP contribution in [0.3, 0.4) is 0 Å². The molecule has 0 unspecified atom stereocenters. The Balaban J connectivity index is 1.67. The van der Waals surface area contributed by atoms with Crippen LogP contribution in [0.2, 0.25) is 0 Å². The highest BCUT2D eigenvalue weighted by atomic mass is 16.5. The number of fused-ring (bicyclic) bond motifs is 2. The minimum absolute atomic E-state index is 0.216. The van der Waals surface area contributed by atoms with Crippen molar-refractivity contribution in [3.63, 3.8) is 0 Å². The summed E-state index contributed by atoms with van der Waals surface area (Å²) in [6.07, 6.45) is 2.52. The van der Waals surface area contributed by atoms with Gasteiger partial charge in [-0.15, -0.1) is 0 Å². The Hall–Kier alpha value is -2.83. The number of amides is 1. The largest absolute Gasteiger partial charge is 0.493 e. The van der Waals surface area contributed by atoms with Crippen LogP contribution in [0.1, 0.15) is 27.3 Å². The molecule has 3 heterocycles. The number of aliphatic carboxylic acids is 1. The summed E-state index contributed by atoms with van der Waals surface area (Å²) in [5, 5.41) is 9.47. The summed E-state index contributed by atoms with van der Waals surface area (Å²) in [5.41, 5.74) is 2.98. The summed E-state index contributed by atoms with van der Waals surface area (Å²) in [4.78, 5) is 32.9. The first-order valence-corrected chi connectivity index (χ1v) is 7.44. The van der Waals surface area contributed by atoms with Crippen LogP contribution in [0.4, 0.5) is 0 Å². The summed E-state index contributed by atoms with van der Waals surface area (Å²) in [6, 6.07) is 4.36. The number of H-pyrrole nitrogens is 1. The molecule has 23 heavy (non-hydrogen) atoms. The molecule has 0 spiro atoms. The normalized spacial score (nSPS) is 19.0. The summed E-state index contributed by atoms with van der Waals surface area (Å²) < 4.78 is 5.44. The molecule has 1 atom stereocenters. The second-order valence-corrected chi connectivity index (χ2v) is 5.74. The van der Waals surface area contributed by atoms with Gasteiger partial charge in [-0.05, 0) is 23.8 Å². The Morgan fingerprint density at radius 3 is 3.09 bits per heavy atom. The van der Waals surface area contributed by atoms with E-state index in [9.17, 15) is 14.7 Å². The van der Waals surface area contributed by atoms with Crippen LogP contribution in [0.15, 0.2) is 24.5 Å². The van der Waals surface area contributed by atoms with Crippen molar-refractivity contribution in [2.45, 2.75) is 25.4 Å². The number of carbonyl (C=O) groups is 2. The molecule has 2 aliphatic rings. The molecule has 2 N–H and O–H groups in total. The van der Waals surface area contributed by atoms with Crippen LogP contribution in [0.25, 0.3) is 0 Å². The number of ether oxygens (including phenoxy) is 1. The first kappa shape index (κ1) is 13.8. The number of nitrogens with one attached hydrogen (secondary N) is 1. The molecule has 0 saturated heterocycles. The second kappa shape index (κ2) is 5.12. The summed E-state index contributed by atoms with van der Waals surface area (Å²) >= 11 is 0. The number of aromatic amines is 1. The SMILES string of the molecule is O=C(O)[C@H]1Cc2nc[nH]c2CN1C(=O)c1ccc2c(c1)CCO2. The molecule has 0 bridgehead atoms. The molecule has 1 aromatic heterocycles. The first-order valence-electron chi connectivity index (χ1n) is 7.44. The maximum atomic E-state index is 12.8. The fourth-order valence-corrected chi connectivity index (χ4v) is 3.16. The number of nitrogens with zero attached hydrogens (tertiary/aromatic N) is 2. The average Bonchev–Trinajstić information content (AvgIpc) is 3.20. The number of aromatic nitrogens is 2. The molecule has 7 heteroatoms. The van der Waals surface area contributed by atoms with Gasteiger partial charge in [0.25, 0.3) is 5.91 Å². The highest BCUT2D eigenvalue weighted by molar-refractivity contribution is 5.97. The van der Waals surface area contributed by atoms with Crippen LogP contribution in [0, 0.1) is 0 Å². The Morgan fingerprint density at radius 2 is 2.26 bits per heavy atom. The molecule has 2 aliphatic heterocycles. The molecule has 0 radical (unpaired) electrons. The number of carbonyl (C=O) groups excluding carboxylic acids is 1. The van der Waals surface area contributed by atoms with E-state index in [1.807, 2.05) is 0 Å². The van der Waals surface area contributed by atoms with E-state index in [0.29, 0.717) is 17.9 Å². The van der Waals surface area contributed by atoms with E-state index in [1.54, 1.807) is 18.2 Å². The van der Waals surface area contributed by atoms with Crippen molar-refractivity contribution in [2.75, 3.05) is 6.61 Å². The Bertz CT molecular complexity index is 798. The van der Waals surface area contributed by atoms with E-state index in [0.717, 1.165) is 23.4 Å². The van der Waals surface area contributed by atoms with Crippen molar-refractivity contribution in [3.05, 3.63) is 47.0 Å². The minimum atomic E-state index is -1.02. The molecule has 7 nitrogen and oxygen atoms in total. The van der Waals surface area contributed by atoms with Gasteiger partial charge in [0, 0.05) is 18.4 Å². The number of benzene rings is 1. The zero-order valence-electron chi connectivity index (χ0n) is 12.3. The topological polar surface area (TPSA) is 95.5 Å². The Kier molecular flexibility index (Phi) is 3.07. The molecule has 2 aromatic rings. The fourth-order valence-electron chi connectivity index (χ4n) is 3.16. The third-order valence-corrected chi connectivity index (χ3v) is 4.38. The van der Waals surface area contributed by atoms with Crippen LogP contribution in [-0.4, -0.2) is 44.5 Å². The van der Waals surface area contributed by atoms with Gasteiger partial charge in [-0.25, -0.2) is 9.78 Å². The minimum Gasteiger partial charge on any atom is -0.493 e. The number of carboxylic acids is 1. The molecule has 4 rings (SSSR count). The number of rotatable bonds is 2. The van der Waals surface area contributed by atoms with Crippen LogP contribution < -0.4 is 4.74 Å². The lowest BCUT2D eigenvalue weighted by Crippen LogP contribution is -2.48. The zero-order valence-corrected chi connectivity index (χ0v) is 12.3. The maximum Gasteiger partial charge on any atom is 0.326 e. The lowest BCUT2D eigenvalue weighted by molar-refractivity contribution is -0.142. The monoisotopic (exact) mass is 313 g/mol. The van der Waals surface area contributed by atoms with Gasteiger partial charge in [0.15, 0.2) is 0 Å².